The van der Waals surface area contributed by atoms with Gasteiger partial charge in [-0.2, -0.15) is 4.98 Å². The van der Waals surface area contributed by atoms with Crippen LogP contribution >= 0.6 is 15.9 Å². The van der Waals surface area contributed by atoms with E-state index in [1.165, 1.54) is 0 Å². The average Bonchev–Trinajstić information content (AvgIpc) is 2.66. The summed E-state index contributed by atoms with van der Waals surface area (Å²) in [4.78, 5) is 4.06. The standard InChI is InChI=1S/C9H9BrN4O/c1-5-4-6(10)2-3-7(5)8-12-9(13-11)15-14-8/h2-4H,11H2,1H3,(H,12,13,14). The first-order valence-electron chi connectivity index (χ1n) is 4.27. The number of nitrogens with zero attached hydrogens (tertiary/aromatic N) is 2. The van der Waals surface area contributed by atoms with Gasteiger partial charge in [0.25, 0.3) is 0 Å². The average molecular weight is 269 g/mol. The van der Waals surface area contributed by atoms with Gasteiger partial charge in [-0.3, -0.25) is 5.43 Å². The van der Waals surface area contributed by atoms with Crippen LogP contribution in [-0.4, -0.2) is 10.1 Å². The Morgan fingerprint density at radius 2 is 2.27 bits per heavy atom. The summed E-state index contributed by atoms with van der Waals surface area (Å²) < 4.78 is 5.86. The minimum absolute atomic E-state index is 0.201. The maximum absolute atomic E-state index is 5.15. The summed E-state index contributed by atoms with van der Waals surface area (Å²) in [5.74, 6) is 5.67. The molecule has 1 aromatic carbocycles. The van der Waals surface area contributed by atoms with Gasteiger partial charge in [0, 0.05) is 10.0 Å². The zero-order valence-electron chi connectivity index (χ0n) is 7.99. The Hall–Kier alpha value is -1.40. The van der Waals surface area contributed by atoms with Gasteiger partial charge < -0.3 is 4.52 Å². The first-order chi connectivity index (χ1) is 7.20. The van der Waals surface area contributed by atoms with Crippen LogP contribution in [0.4, 0.5) is 6.01 Å². The largest absolute Gasteiger partial charge is 0.335 e. The molecule has 0 aliphatic carbocycles. The highest BCUT2D eigenvalue weighted by Gasteiger charge is 2.09. The number of hydrogen-bond acceptors (Lipinski definition) is 5. The number of aromatic nitrogens is 2. The lowest BCUT2D eigenvalue weighted by Gasteiger charge is -2.00. The predicted molar refractivity (Wildman–Crippen MR) is 60.0 cm³/mol. The van der Waals surface area contributed by atoms with Crippen LogP contribution in [0.3, 0.4) is 0 Å². The molecule has 0 fully saturated rings. The summed E-state index contributed by atoms with van der Waals surface area (Å²) in [6, 6.07) is 6.03. The fourth-order valence-corrected chi connectivity index (χ4v) is 1.75. The number of anilines is 1. The topological polar surface area (TPSA) is 77.0 Å². The molecule has 0 aliphatic rings. The smallest absolute Gasteiger partial charge is 0.314 e. The Labute approximate surface area is 94.8 Å². The van der Waals surface area contributed by atoms with E-state index in [1.54, 1.807) is 0 Å². The Morgan fingerprint density at radius 3 is 2.87 bits per heavy atom. The zero-order valence-corrected chi connectivity index (χ0v) is 9.58. The normalized spacial score (nSPS) is 10.3. The number of hydrogen-bond donors (Lipinski definition) is 2. The van der Waals surface area contributed by atoms with Crippen molar-refractivity contribution in [1.29, 1.82) is 0 Å². The van der Waals surface area contributed by atoms with Crippen LogP contribution in [0.5, 0.6) is 0 Å². The Morgan fingerprint density at radius 1 is 1.47 bits per heavy atom. The minimum Gasteiger partial charge on any atom is -0.314 e. The zero-order chi connectivity index (χ0) is 10.8. The number of nitrogens with one attached hydrogen (secondary N) is 1. The number of rotatable bonds is 2. The summed E-state index contributed by atoms with van der Waals surface area (Å²) in [7, 11) is 0. The van der Waals surface area contributed by atoms with E-state index in [0.717, 1.165) is 15.6 Å². The van der Waals surface area contributed by atoms with Gasteiger partial charge in [-0.1, -0.05) is 21.1 Å². The number of benzene rings is 1. The maximum atomic E-state index is 5.15. The third kappa shape index (κ3) is 2.00. The lowest BCUT2D eigenvalue weighted by molar-refractivity contribution is 0.432. The van der Waals surface area contributed by atoms with E-state index in [4.69, 9.17) is 10.4 Å². The summed E-state index contributed by atoms with van der Waals surface area (Å²) in [5, 5.41) is 3.80. The van der Waals surface area contributed by atoms with E-state index in [1.807, 2.05) is 25.1 Å². The van der Waals surface area contributed by atoms with E-state index in [0.29, 0.717) is 5.82 Å². The van der Waals surface area contributed by atoms with Crippen molar-refractivity contribution in [2.24, 2.45) is 5.84 Å². The van der Waals surface area contributed by atoms with Crippen LogP contribution in [0.1, 0.15) is 5.56 Å². The van der Waals surface area contributed by atoms with E-state index in [9.17, 15) is 0 Å². The molecule has 0 amide bonds. The molecular weight excluding hydrogens is 260 g/mol. The van der Waals surface area contributed by atoms with E-state index in [2.05, 4.69) is 31.5 Å². The molecule has 5 nitrogen and oxygen atoms in total. The molecule has 0 saturated heterocycles. The van der Waals surface area contributed by atoms with Crippen molar-refractivity contribution >= 4 is 21.9 Å². The molecule has 0 saturated carbocycles. The van der Waals surface area contributed by atoms with Crippen molar-refractivity contribution in [2.45, 2.75) is 6.92 Å². The molecule has 0 radical (unpaired) electrons. The van der Waals surface area contributed by atoms with Crippen molar-refractivity contribution in [3.63, 3.8) is 0 Å². The molecule has 2 aromatic rings. The maximum Gasteiger partial charge on any atom is 0.335 e. The highest BCUT2D eigenvalue weighted by Crippen LogP contribution is 2.24. The van der Waals surface area contributed by atoms with Crippen LogP contribution in [0.15, 0.2) is 27.2 Å². The molecule has 1 aromatic heterocycles. The van der Waals surface area contributed by atoms with Crippen molar-refractivity contribution < 1.29 is 4.52 Å². The van der Waals surface area contributed by atoms with E-state index >= 15 is 0 Å². The van der Waals surface area contributed by atoms with Crippen LogP contribution in [0.25, 0.3) is 11.4 Å². The highest BCUT2D eigenvalue weighted by atomic mass is 79.9. The van der Waals surface area contributed by atoms with Crippen molar-refractivity contribution in [3.05, 3.63) is 28.2 Å². The molecule has 1 heterocycles. The molecule has 0 aliphatic heterocycles. The second-order valence-corrected chi connectivity index (χ2v) is 3.94. The molecular formula is C9H9BrN4O. The Kier molecular flexibility index (Phi) is 2.70. The predicted octanol–water partition coefficient (Wildman–Crippen LogP) is 2.09. The highest BCUT2D eigenvalue weighted by molar-refractivity contribution is 9.10. The SMILES string of the molecule is Cc1cc(Br)ccc1-c1noc(NN)n1. The number of aryl methyl sites for hydroxylation is 1. The van der Waals surface area contributed by atoms with Gasteiger partial charge in [0.05, 0.1) is 0 Å². The van der Waals surface area contributed by atoms with Crippen molar-refractivity contribution in [2.75, 3.05) is 5.43 Å². The minimum atomic E-state index is 0.201. The monoisotopic (exact) mass is 268 g/mol. The molecule has 0 atom stereocenters. The van der Waals surface area contributed by atoms with Gasteiger partial charge in [-0.05, 0) is 30.7 Å². The first-order valence-corrected chi connectivity index (χ1v) is 5.07. The second-order valence-electron chi connectivity index (χ2n) is 3.03. The van der Waals surface area contributed by atoms with Gasteiger partial charge in [0.2, 0.25) is 5.82 Å². The molecule has 6 heteroatoms. The summed E-state index contributed by atoms with van der Waals surface area (Å²) >= 11 is 3.39. The Bertz CT molecular complexity index is 483. The van der Waals surface area contributed by atoms with Crippen LogP contribution in [0, 0.1) is 6.92 Å². The summed E-state index contributed by atoms with van der Waals surface area (Å²) in [6.45, 7) is 1.98. The van der Waals surface area contributed by atoms with Gasteiger partial charge >= 0.3 is 6.01 Å². The van der Waals surface area contributed by atoms with Crippen LogP contribution in [-0.2, 0) is 0 Å². The van der Waals surface area contributed by atoms with Gasteiger partial charge in [-0.15, -0.1) is 0 Å². The third-order valence-electron chi connectivity index (χ3n) is 1.98. The van der Waals surface area contributed by atoms with Gasteiger partial charge in [0.15, 0.2) is 0 Å². The molecule has 2 rings (SSSR count). The van der Waals surface area contributed by atoms with Crippen molar-refractivity contribution in [3.8, 4) is 11.4 Å². The molecule has 78 valence electrons. The fourth-order valence-electron chi connectivity index (χ4n) is 1.27. The van der Waals surface area contributed by atoms with E-state index in [-0.39, 0.29) is 6.01 Å². The van der Waals surface area contributed by atoms with Gasteiger partial charge in [0.1, 0.15) is 0 Å². The lowest BCUT2D eigenvalue weighted by atomic mass is 10.1. The van der Waals surface area contributed by atoms with Crippen molar-refractivity contribution in [1.82, 2.24) is 10.1 Å². The first kappa shape index (κ1) is 10.1. The number of hydrazine groups is 1. The fraction of sp³-hybridized carbons (Fsp3) is 0.111. The molecule has 0 bridgehead atoms. The van der Waals surface area contributed by atoms with Crippen LogP contribution in [0.2, 0.25) is 0 Å². The lowest BCUT2D eigenvalue weighted by Crippen LogP contribution is -2.06. The number of nitrogens with two attached hydrogens (primary N) is 1. The molecule has 0 unspecified atom stereocenters. The quantitative estimate of drug-likeness (QED) is 0.644. The Balaban J connectivity index is 2.44. The second kappa shape index (κ2) is 4.00. The molecule has 0 spiro atoms. The summed E-state index contributed by atoms with van der Waals surface area (Å²) in [5.41, 5.74) is 4.28. The summed E-state index contributed by atoms with van der Waals surface area (Å²) in [6.07, 6.45) is 0. The molecule has 15 heavy (non-hydrogen) atoms. The number of nitrogen functional groups attached to an aromatic ring is 1. The van der Waals surface area contributed by atoms with Crippen LogP contribution < -0.4 is 11.3 Å². The third-order valence-corrected chi connectivity index (χ3v) is 2.47. The van der Waals surface area contributed by atoms with E-state index < -0.39 is 0 Å². The molecule has 3 N–H and O–H groups in total. The number of halogens is 1. The van der Waals surface area contributed by atoms with Gasteiger partial charge in [-0.25, -0.2) is 5.84 Å².